The van der Waals surface area contributed by atoms with E-state index in [1.165, 1.54) is 18.3 Å². The number of amides is 1. The number of pyridine rings is 1. The quantitative estimate of drug-likeness (QED) is 0.289. The van der Waals surface area contributed by atoms with E-state index >= 15 is 0 Å². The molecule has 2 aromatic heterocycles. The molecule has 1 aromatic carbocycles. The second kappa shape index (κ2) is 11.7. The van der Waals surface area contributed by atoms with Crippen LogP contribution in [-0.2, 0) is 9.63 Å². The lowest BCUT2D eigenvalue weighted by molar-refractivity contribution is -0.134. The van der Waals surface area contributed by atoms with Gasteiger partial charge in [0.05, 0.1) is 26.3 Å². The largest absolute Gasteiger partial charge is 0.467 e. The van der Waals surface area contributed by atoms with Gasteiger partial charge < -0.3 is 14.5 Å². The maximum absolute atomic E-state index is 13.1. The number of likely N-dealkylation sites (tertiary alicyclic amines) is 1. The molecule has 1 amide bonds. The highest BCUT2D eigenvalue weighted by Crippen LogP contribution is 2.40. The van der Waals surface area contributed by atoms with Gasteiger partial charge in [-0.1, -0.05) is 40.0 Å². The number of halogens is 5. The summed E-state index contributed by atoms with van der Waals surface area (Å²) in [5.41, 5.74) is 1.76. The number of hydrogen-bond donors (Lipinski definition) is 0. The summed E-state index contributed by atoms with van der Waals surface area (Å²) in [7, 11) is 0. The molecule has 5 rings (SSSR count). The minimum absolute atomic E-state index is 0.193. The predicted octanol–water partition coefficient (Wildman–Crippen LogP) is 7.09. The van der Waals surface area contributed by atoms with Crippen molar-refractivity contribution in [3.8, 4) is 5.88 Å². The highest BCUT2D eigenvalue weighted by Gasteiger charge is 2.31. The number of alkyl halides is 2. The Bertz CT molecular complexity index is 1340. The molecule has 0 aliphatic carbocycles. The van der Waals surface area contributed by atoms with Crippen molar-refractivity contribution >= 4 is 57.8 Å². The van der Waals surface area contributed by atoms with Gasteiger partial charge in [0.25, 0.3) is 12.3 Å². The zero-order chi connectivity index (χ0) is 26.8. The van der Waals surface area contributed by atoms with Gasteiger partial charge in [-0.25, -0.2) is 18.7 Å². The molecule has 38 heavy (non-hydrogen) atoms. The molecule has 200 valence electrons. The van der Waals surface area contributed by atoms with Crippen molar-refractivity contribution in [1.82, 2.24) is 14.9 Å². The van der Waals surface area contributed by atoms with Gasteiger partial charge in [0, 0.05) is 47.6 Å². The standard InChI is InChI=1S/C25H21Cl3F2N4O3S/c26-14-8-16(27)22(17(28)9-14)20-10-18(33-37-20)19-12-38-25(32-19)13-3-6-34(7-4-13)21(35)11-36-24-15(23(29)30)2-1-5-31-24/h1-2,5,8-9,12-13,20,23H,3-4,6-7,10-11H2. The number of rotatable bonds is 7. The van der Waals surface area contributed by atoms with Gasteiger partial charge in [-0.2, -0.15) is 0 Å². The summed E-state index contributed by atoms with van der Waals surface area (Å²) in [6.45, 7) is 0.697. The molecule has 0 radical (unpaired) electrons. The van der Waals surface area contributed by atoms with Crippen molar-refractivity contribution in [2.24, 2.45) is 5.16 Å². The van der Waals surface area contributed by atoms with Gasteiger partial charge >= 0.3 is 0 Å². The van der Waals surface area contributed by atoms with Crippen molar-refractivity contribution in [1.29, 1.82) is 0 Å². The number of ether oxygens (including phenoxy) is 1. The number of oxime groups is 1. The van der Waals surface area contributed by atoms with E-state index in [9.17, 15) is 13.6 Å². The summed E-state index contributed by atoms with van der Waals surface area (Å²) in [4.78, 5) is 28.5. The molecule has 0 bridgehead atoms. The van der Waals surface area contributed by atoms with E-state index in [0.29, 0.717) is 45.9 Å². The molecule has 2 aliphatic heterocycles. The molecule has 0 N–H and O–H groups in total. The van der Waals surface area contributed by atoms with Gasteiger partial charge in [-0.05, 0) is 37.1 Å². The van der Waals surface area contributed by atoms with Crippen LogP contribution in [0.3, 0.4) is 0 Å². The number of aromatic nitrogens is 2. The zero-order valence-corrected chi connectivity index (χ0v) is 22.8. The Labute approximate surface area is 236 Å². The summed E-state index contributed by atoms with van der Waals surface area (Å²) in [6, 6.07) is 5.88. The van der Waals surface area contributed by atoms with Crippen molar-refractivity contribution < 1.29 is 23.1 Å². The average molecular weight is 602 g/mol. The second-order valence-corrected chi connectivity index (χ2v) is 11.0. The molecule has 0 saturated carbocycles. The van der Waals surface area contributed by atoms with Crippen LogP contribution in [0.5, 0.6) is 5.88 Å². The SMILES string of the molecule is O=C(COc1ncccc1C(F)F)N1CCC(c2nc(C3=NOC(c4c(Cl)cc(Cl)cc4Cl)C3)cs2)CC1. The fourth-order valence-corrected chi connectivity index (χ4v) is 6.50. The highest BCUT2D eigenvalue weighted by atomic mass is 35.5. The van der Waals surface area contributed by atoms with Crippen LogP contribution in [0.1, 0.15) is 59.5 Å². The first-order chi connectivity index (χ1) is 18.3. The van der Waals surface area contributed by atoms with E-state index in [1.54, 1.807) is 28.4 Å². The van der Waals surface area contributed by atoms with Crippen molar-refractivity contribution in [3.63, 3.8) is 0 Å². The van der Waals surface area contributed by atoms with Gasteiger partial charge in [-0.3, -0.25) is 4.79 Å². The summed E-state index contributed by atoms with van der Waals surface area (Å²) < 4.78 is 31.5. The van der Waals surface area contributed by atoms with Gasteiger partial charge in [0.1, 0.15) is 5.71 Å². The highest BCUT2D eigenvalue weighted by molar-refractivity contribution is 7.10. The Kier molecular flexibility index (Phi) is 8.32. The third-order valence-corrected chi connectivity index (χ3v) is 8.27. The first kappa shape index (κ1) is 27.1. The Hall–Kier alpha value is -2.53. The number of hydrogen-bond acceptors (Lipinski definition) is 7. The molecule has 4 heterocycles. The Morgan fingerprint density at radius 1 is 1.21 bits per heavy atom. The molecule has 0 spiro atoms. The molecule has 7 nitrogen and oxygen atoms in total. The maximum atomic E-state index is 13.1. The third kappa shape index (κ3) is 5.88. The molecule has 1 fully saturated rings. The topological polar surface area (TPSA) is 76.9 Å². The van der Waals surface area contributed by atoms with E-state index < -0.39 is 12.5 Å². The lowest BCUT2D eigenvalue weighted by Gasteiger charge is -2.31. The molecule has 1 saturated heterocycles. The van der Waals surface area contributed by atoms with Gasteiger partial charge in [-0.15, -0.1) is 11.3 Å². The normalized spacial score (nSPS) is 18.0. The minimum Gasteiger partial charge on any atom is -0.467 e. The first-order valence-electron chi connectivity index (χ1n) is 11.8. The smallest absolute Gasteiger partial charge is 0.269 e. The Morgan fingerprint density at radius 3 is 2.66 bits per heavy atom. The number of carbonyl (C=O) groups is 1. The Morgan fingerprint density at radius 2 is 1.95 bits per heavy atom. The van der Waals surface area contributed by atoms with Crippen LogP contribution < -0.4 is 4.74 Å². The van der Waals surface area contributed by atoms with E-state index in [-0.39, 0.29) is 29.9 Å². The summed E-state index contributed by atoms with van der Waals surface area (Å²) in [5, 5.41) is 8.42. The van der Waals surface area contributed by atoms with Crippen LogP contribution in [0, 0.1) is 0 Å². The zero-order valence-electron chi connectivity index (χ0n) is 19.8. The predicted molar refractivity (Wildman–Crippen MR) is 142 cm³/mol. The fraction of sp³-hybridized carbons (Fsp3) is 0.360. The van der Waals surface area contributed by atoms with E-state index in [1.807, 2.05) is 5.38 Å². The van der Waals surface area contributed by atoms with Crippen LogP contribution in [-0.4, -0.2) is 46.2 Å². The van der Waals surface area contributed by atoms with E-state index in [4.69, 9.17) is 49.4 Å². The van der Waals surface area contributed by atoms with Crippen LogP contribution in [0.4, 0.5) is 8.78 Å². The van der Waals surface area contributed by atoms with Gasteiger partial charge in [0.15, 0.2) is 12.7 Å². The van der Waals surface area contributed by atoms with Crippen LogP contribution in [0.25, 0.3) is 0 Å². The minimum atomic E-state index is -2.73. The second-order valence-electron chi connectivity index (χ2n) is 8.83. The number of nitrogens with zero attached hydrogens (tertiary/aromatic N) is 4. The van der Waals surface area contributed by atoms with E-state index in [0.717, 1.165) is 23.5 Å². The molecule has 1 atom stereocenters. The van der Waals surface area contributed by atoms with E-state index in [2.05, 4.69) is 10.1 Å². The van der Waals surface area contributed by atoms with Crippen molar-refractivity contribution in [2.45, 2.75) is 37.7 Å². The van der Waals surface area contributed by atoms with Crippen LogP contribution in [0.2, 0.25) is 15.1 Å². The molecular weight excluding hydrogens is 581 g/mol. The summed E-state index contributed by atoms with van der Waals surface area (Å²) in [5.74, 6) is -0.293. The lowest BCUT2D eigenvalue weighted by Crippen LogP contribution is -2.40. The Balaban J connectivity index is 1.14. The lowest BCUT2D eigenvalue weighted by atomic mass is 9.97. The monoisotopic (exact) mass is 600 g/mol. The maximum Gasteiger partial charge on any atom is 0.269 e. The van der Waals surface area contributed by atoms with Crippen LogP contribution >= 0.6 is 46.1 Å². The molecule has 13 heteroatoms. The number of benzene rings is 1. The number of thiazole rings is 1. The van der Waals surface area contributed by atoms with Gasteiger partial charge in [0.2, 0.25) is 5.88 Å². The third-order valence-electron chi connectivity index (χ3n) is 6.42. The molecule has 3 aromatic rings. The summed E-state index contributed by atoms with van der Waals surface area (Å²) >= 11 is 20.2. The molecular formula is C25H21Cl3F2N4O3S. The fourth-order valence-electron chi connectivity index (χ4n) is 4.44. The van der Waals surface area contributed by atoms with Crippen LogP contribution in [0.15, 0.2) is 41.0 Å². The van der Waals surface area contributed by atoms with Crippen molar-refractivity contribution in [3.05, 3.63) is 72.7 Å². The average Bonchev–Trinajstić information content (AvgIpc) is 3.57. The molecule has 2 aliphatic rings. The number of carbonyl (C=O) groups excluding carboxylic acids is 1. The van der Waals surface area contributed by atoms with Crippen molar-refractivity contribution in [2.75, 3.05) is 19.7 Å². The molecule has 1 unspecified atom stereocenters. The first-order valence-corrected chi connectivity index (χ1v) is 13.8. The summed E-state index contributed by atoms with van der Waals surface area (Å²) in [6.07, 6.45) is 0.129. The number of piperidine rings is 1.